The highest BCUT2D eigenvalue weighted by atomic mass is 15.1. The largest absolute Gasteiger partial charge is 0.349 e. The van der Waals surface area contributed by atoms with Crippen LogP contribution in [0.15, 0.2) is 12.3 Å². The molecule has 4 fully saturated rings. The summed E-state index contributed by atoms with van der Waals surface area (Å²) in [6, 6.07) is 2.47. The number of rotatable bonds is 1. The summed E-state index contributed by atoms with van der Waals surface area (Å²) in [5, 5.41) is 3.57. The molecule has 102 valence electrons. The number of nitrogens with one attached hydrogen (secondary N) is 1. The number of nitrogens with zero attached hydrogens (tertiary/aromatic N) is 1. The zero-order valence-corrected chi connectivity index (χ0v) is 11.6. The fourth-order valence-electron chi connectivity index (χ4n) is 6.08. The van der Waals surface area contributed by atoms with E-state index in [0.717, 1.165) is 42.7 Å². The highest BCUT2D eigenvalue weighted by Gasteiger charge is 2.49. The molecule has 1 aromatic rings. The molecule has 2 heterocycles. The van der Waals surface area contributed by atoms with E-state index >= 15 is 0 Å². The van der Waals surface area contributed by atoms with Crippen LogP contribution < -0.4 is 5.32 Å². The first-order valence-corrected chi connectivity index (χ1v) is 8.27. The summed E-state index contributed by atoms with van der Waals surface area (Å²) in [6.45, 7) is 3.41. The summed E-state index contributed by atoms with van der Waals surface area (Å²) in [7, 11) is 0. The van der Waals surface area contributed by atoms with Gasteiger partial charge in [0.25, 0.3) is 0 Å². The molecule has 0 unspecified atom stereocenters. The molecule has 19 heavy (non-hydrogen) atoms. The van der Waals surface area contributed by atoms with E-state index in [2.05, 4.69) is 22.1 Å². The first kappa shape index (κ1) is 11.0. The van der Waals surface area contributed by atoms with Crippen molar-refractivity contribution in [3.05, 3.63) is 23.5 Å². The van der Waals surface area contributed by atoms with Crippen LogP contribution in [0.3, 0.4) is 0 Å². The minimum absolute atomic E-state index is 0.906. The van der Waals surface area contributed by atoms with Gasteiger partial charge in [-0.2, -0.15) is 0 Å². The molecular formula is C17H24N2. The number of hydrogen-bond donors (Lipinski definition) is 1. The highest BCUT2D eigenvalue weighted by Crippen LogP contribution is 2.60. The molecule has 6 rings (SSSR count). The first-order valence-electron chi connectivity index (χ1n) is 8.27. The van der Waals surface area contributed by atoms with Crippen molar-refractivity contribution in [1.82, 2.24) is 9.88 Å². The van der Waals surface area contributed by atoms with Crippen LogP contribution in [0.2, 0.25) is 0 Å². The van der Waals surface area contributed by atoms with Gasteiger partial charge >= 0.3 is 0 Å². The molecule has 4 aliphatic carbocycles. The lowest BCUT2D eigenvalue weighted by Gasteiger charge is -2.54. The lowest BCUT2D eigenvalue weighted by atomic mass is 9.50. The number of aromatic nitrogens is 1. The topological polar surface area (TPSA) is 17.0 Å². The fraction of sp³-hybridized carbons (Fsp3) is 0.765. The van der Waals surface area contributed by atoms with E-state index in [9.17, 15) is 0 Å². The molecule has 0 amide bonds. The number of hydrogen-bond acceptors (Lipinski definition) is 1. The van der Waals surface area contributed by atoms with Gasteiger partial charge in [-0.05, 0) is 73.3 Å². The van der Waals surface area contributed by atoms with Gasteiger partial charge in [-0.15, -0.1) is 0 Å². The molecular weight excluding hydrogens is 232 g/mol. The maximum Gasteiger partial charge on any atom is 0.0362 e. The molecule has 1 N–H and O–H groups in total. The third-order valence-corrected chi connectivity index (χ3v) is 6.52. The van der Waals surface area contributed by atoms with E-state index in [4.69, 9.17) is 0 Å². The Balaban J connectivity index is 1.54. The molecule has 4 bridgehead atoms. The predicted molar refractivity (Wildman–Crippen MR) is 75.9 cm³/mol. The van der Waals surface area contributed by atoms with Crippen molar-refractivity contribution in [2.24, 2.45) is 23.7 Å². The molecule has 4 saturated carbocycles. The molecule has 5 aliphatic rings. The predicted octanol–water partition coefficient (Wildman–Crippen LogP) is 3.13. The smallest absolute Gasteiger partial charge is 0.0362 e. The summed E-state index contributed by atoms with van der Waals surface area (Å²) < 4.78 is 2.51. The van der Waals surface area contributed by atoms with Gasteiger partial charge in [0.2, 0.25) is 0 Å². The van der Waals surface area contributed by atoms with Gasteiger partial charge < -0.3 is 9.88 Å². The van der Waals surface area contributed by atoms with Crippen molar-refractivity contribution in [1.29, 1.82) is 0 Å². The summed E-state index contributed by atoms with van der Waals surface area (Å²) in [5.41, 5.74) is 3.34. The lowest BCUT2D eigenvalue weighted by molar-refractivity contribution is -0.00316. The molecule has 0 radical (unpaired) electrons. The molecule has 0 atom stereocenters. The summed E-state index contributed by atoms with van der Waals surface area (Å²) >= 11 is 0. The van der Waals surface area contributed by atoms with Crippen molar-refractivity contribution < 1.29 is 0 Å². The second-order valence-corrected chi connectivity index (χ2v) is 7.54. The molecule has 0 spiro atoms. The van der Waals surface area contributed by atoms with Gasteiger partial charge in [0.15, 0.2) is 0 Å². The SMILES string of the molecule is c1cn2c(c1C1C3CC4CC(C3)CC1C4)CNCC2. The highest BCUT2D eigenvalue weighted by molar-refractivity contribution is 5.31. The van der Waals surface area contributed by atoms with Crippen LogP contribution in [0.1, 0.15) is 49.3 Å². The van der Waals surface area contributed by atoms with Crippen molar-refractivity contribution in [3.63, 3.8) is 0 Å². The van der Waals surface area contributed by atoms with E-state index in [1.165, 1.54) is 32.2 Å². The van der Waals surface area contributed by atoms with E-state index in [1.54, 1.807) is 17.7 Å². The van der Waals surface area contributed by atoms with Crippen LogP contribution in [0.4, 0.5) is 0 Å². The van der Waals surface area contributed by atoms with E-state index in [-0.39, 0.29) is 0 Å². The monoisotopic (exact) mass is 256 g/mol. The summed E-state index contributed by atoms with van der Waals surface area (Å²) in [5.74, 6) is 5.13. The first-order chi connectivity index (χ1) is 9.38. The van der Waals surface area contributed by atoms with Crippen LogP contribution in [0.25, 0.3) is 0 Å². The maximum atomic E-state index is 3.57. The van der Waals surface area contributed by atoms with Crippen molar-refractivity contribution in [2.45, 2.75) is 51.1 Å². The van der Waals surface area contributed by atoms with Crippen LogP contribution in [0, 0.1) is 23.7 Å². The Kier molecular flexibility index (Phi) is 2.24. The summed E-state index contributed by atoms with van der Waals surface area (Å²) in [6.07, 6.45) is 10.1. The third-order valence-electron chi connectivity index (χ3n) is 6.52. The maximum absolute atomic E-state index is 3.57. The van der Waals surface area contributed by atoms with Gasteiger partial charge in [0, 0.05) is 31.5 Å². The normalized spacial score (nSPS) is 43.5. The van der Waals surface area contributed by atoms with Crippen LogP contribution >= 0.6 is 0 Å². The Morgan fingerprint density at radius 2 is 1.74 bits per heavy atom. The molecule has 0 saturated heterocycles. The van der Waals surface area contributed by atoms with Crippen molar-refractivity contribution in [3.8, 4) is 0 Å². The van der Waals surface area contributed by atoms with E-state index < -0.39 is 0 Å². The van der Waals surface area contributed by atoms with Gasteiger partial charge in [-0.1, -0.05) is 0 Å². The van der Waals surface area contributed by atoms with Crippen LogP contribution in [-0.2, 0) is 13.1 Å². The molecule has 0 aromatic carbocycles. The average molecular weight is 256 g/mol. The minimum Gasteiger partial charge on any atom is -0.349 e. The standard InChI is InChI=1S/C17H24N2/c1-3-19-4-2-18-10-16(19)15(1)17-13-6-11-5-12(8-13)9-14(17)7-11/h1,3,11-14,17-18H,2,4-10H2. The number of fused-ring (bicyclic) bond motifs is 1. The summed E-state index contributed by atoms with van der Waals surface area (Å²) in [4.78, 5) is 0. The van der Waals surface area contributed by atoms with E-state index in [1.807, 2.05) is 0 Å². The lowest BCUT2D eigenvalue weighted by Crippen LogP contribution is -2.44. The minimum atomic E-state index is 0.906. The molecule has 1 aliphatic heterocycles. The average Bonchev–Trinajstić information content (AvgIpc) is 2.82. The van der Waals surface area contributed by atoms with Crippen molar-refractivity contribution in [2.75, 3.05) is 6.54 Å². The van der Waals surface area contributed by atoms with Crippen LogP contribution in [-0.4, -0.2) is 11.1 Å². The molecule has 2 heteroatoms. The Morgan fingerprint density at radius 3 is 2.47 bits per heavy atom. The fourth-order valence-corrected chi connectivity index (χ4v) is 6.08. The van der Waals surface area contributed by atoms with Gasteiger partial charge in [0.1, 0.15) is 0 Å². The Bertz CT molecular complexity index is 473. The Hall–Kier alpha value is -0.760. The third kappa shape index (κ3) is 1.53. The van der Waals surface area contributed by atoms with E-state index in [0.29, 0.717) is 0 Å². The second kappa shape index (κ2) is 3.88. The van der Waals surface area contributed by atoms with Gasteiger partial charge in [-0.25, -0.2) is 0 Å². The second-order valence-electron chi connectivity index (χ2n) is 7.54. The quantitative estimate of drug-likeness (QED) is 0.817. The Labute approximate surface area is 115 Å². The van der Waals surface area contributed by atoms with Crippen LogP contribution in [0.5, 0.6) is 0 Å². The Morgan fingerprint density at radius 1 is 1.00 bits per heavy atom. The van der Waals surface area contributed by atoms with Gasteiger partial charge in [-0.3, -0.25) is 0 Å². The zero-order chi connectivity index (χ0) is 12.4. The molecule has 1 aromatic heterocycles. The molecule has 2 nitrogen and oxygen atoms in total. The van der Waals surface area contributed by atoms with Crippen molar-refractivity contribution >= 4 is 0 Å². The zero-order valence-electron chi connectivity index (χ0n) is 11.6. The van der Waals surface area contributed by atoms with Gasteiger partial charge in [0.05, 0.1) is 0 Å².